The van der Waals surface area contributed by atoms with E-state index in [-0.39, 0.29) is 33.6 Å². The van der Waals surface area contributed by atoms with Gasteiger partial charge in [0.05, 0.1) is 25.7 Å². The van der Waals surface area contributed by atoms with Crippen LogP contribution in [0.4, 0.5) is 5.69 Å². The highest BCUT2D eigenvalue weighted by atomic mass is 35.5. The van der Waals surface area contributed by atoms with Crippen LogP contribution in [0.1, 0.15) is 31.9 Å². The first-order chi connectivity index (χ1) is 21.3. The number of nitrogens with zero attached hydrogens (tertiary/aromatic N) is 2. The van der Waals surface area contributed by atoms with Crippen molar-refractivity contribution >= 4 is 62.3 Å². The number of carbonyl (C=O) groups excluding carboxylic acids is 2. The molecule has 7 nitrogen and oxygen atoms in total. The van der Waals surface area contributed by atoms with E-state index >= 15 is 0 Å². The Labute approximate surface area is 279 Å². The van der Waals surface area contributed by atoms with Crippen LogP contribution in [0.25, 0.3) is 0 Å². The smallest absolute Gasteiger partial charge is 0.264 e. The van der Waals surface area contributed by atoms with Crippen LogP contribution in [0.3, 0.4) is 0 Å². The largest absolute Gasteiger partial charge is 0.350 e. The van der Waals surface area contributed by atoms with E-state index in [1.807, 2.05) is 51.1 Å². The van der Waals surface area contributed by atoms with Gasteiger partial charge in [-0.15, -0.1) is 0 Å². The molecule has 0 bridgehead atoms. The fourth-order valence-corrected chi connectivity index (χ4v) is 6.79. The molecule has 0 aliphatic heterocycles. The Morgan fingerprint density at radius 3 is 1.96 bits per heavy atom. The molecule has 236 valence electrons. The molecular weight excluding hydrogens is 653 g/mol. The number of sulfonamides is 1. The highest BCUT2D eigenvalue weighted by Gasteiger charge is 2.36. The van der Waals surface area contributed by atoms with Crippen LogP contribution in [0.2, 0.25) is 15.1 Å². The van der Waals surface area contributed by atoms with Crippen LogP contribution in [0.5, 0.6) is 0 Å². The van der Waals surface area contributed by atoms with E-state index in [0.29, 0.717) is 10.6 Å². The Hall–Kier alpha value is -3.56. The average Bonchev–Trinajstić information content (AvgIpc) is 3.00. The van der Waals surface area contributed by atoms with E-state index in [0.717, 1.165) is 9.87 Å². The van der Waals surface area contributed by atoms with Gasteiger partial charge in [0.2, 0.25) is 11.8 Å². The number of hydrogen-bond donors (Lipinski definition) is 1. The Kier molecular flexibility index (Phi) is 11.2. The number of halogens is 3. The normalized spacial score (nSPS) is 12.3. The summed E-state index contributed by atoms with van der Waals surface area (Å²) >= 11 is 19.0. The topological polar surface area (TPSA) is 86.8 Å². The molecule has 0 aliphatic rings. The fourth-order valence-electron chi connectivity index (χ4n) is 4.73. The van der Waals surface area contributed by atoms with Crippen LogP contribution < -0.4 is 9.62 Å². The molecule has 0 heterocycles. The summed E-state index contributed by atoms with van der Waals surface area (Å²) in [5, 5.41) is 3.76. The molecule has 0 spiro atoms. The summed E-state index contributed by atoms with van der Waals surface area (Å²) in [5.74, 6) is -1.01. The summed E-state index contributed by atoms with van der Waals surface area (Å²) in [5.41, 5.74) is 0.947. The van der Waals surface area contributed by atoms with Crippen molar-refractivity contribution in [2.75, 3.05) is 10.8 Å². The van der Waals surface area contributed by atoms with Gasteiger partial charge in [-0.3, -0.25) is 13.9 Å². The average molecular weight is 687 g/mol. The first-order valence-corrected chi connectivity index (χ1v) is 16.8. The SMILES string of the molecule is CC(C)(C)NC(=O)[C@H](Cc1ccccc1)N(Cc1ccc(Cl)c(Cl)c1)C(=O)CN(c1ccccc1Cl)S(=O)(=O)c1ccccc1. The van der Waals surface area contributed by atoms with Crippen LogP contribution in [0.15, 0.2) is 108 Å². The summed E-state index contributed by atoms with van der Waals surface area (Å²) in [4.78, 5) is 29.8. The molecule has 11 heteroatoms. The van der Waals surface area contributed by atoms with Crippen molar-refractivity contribution in [3.63, 3.8) is 0 Å². The molecule has 4 aromatic carbocycles. The molecule has 0 aromatic heterocycles. The van der Waals surface area contributed by atoms with Crippen LogP contribution >= 0.6 is 34.8 Å². The number of nitrogens with one attached hydrogen (secondary N) is 1. The van der Waals surface area contributed by atoms with Crippen molar-refractivity contribution in [3.8, 4) is 0 Å². The van der Waals surface area contributed by atoms with Gasteiger partial charge in [0.15, 0.2) is 0 Å². The molecule has 1 atom stereocenters. The third kappa shape index (κ3) is 9.01. The maximum Gasteiger partial charge on any atom is 0.264 e. The number of benzene rings is 4. The number of amides is 2. The first kappa shape index (κ1) is 34.3. The van der Waals surface area contributed by atoms with Crippen molar-refractivity contribution in [2.24, 2.45) is 0 Å². The molecule has 0 saturated heterocycles. The lowest BCUT2D eigenvalue weighted by Crippen LogP contribution is -2.56. The lowest BCUT2D eigenvalue weighted by atomic mass is 10.0. The molecule has 0 fully saturated rings. The first-order valence-electron chi connectivity index (χ1n) is 14.2. The molecule has 0 aliphatic carbocycles. The van der Waals surface area contributed by atoms with E-state index in [1.165, 1.54) is 23.1 Å². The third-order valence-electron chi connectivity index (χ3n) is 6.84. The second-order valence-corrected chi connectivity index (χ2v) is 14.6. The molecule has 0 radical (unpaired) electrons. The molecule has 0 unspecified atom stereocenters. The molecule has 2 amide bonds. The molecule has 4 aromatic rings. The summed E-state index contributed by atoms with van der Waals surface area (Å²) < 4.78 is 29.1. The van der Waals surface area contributed by atoms with Gasteiger partial charge in [0.1, 0.15) is 12.6 Å². The number of para-hydroxylation sites is 1. The Morgan fingerprint density at radius 1 is 0.756 bits per heavy atom. The van der Waals surface area contributed by atoms with E-state index in [1.54, 1.807) is 54.6 Å². The molecule has 45 heavy (non-hydrogen) atoms. The maximum atomic E-state index is 14.5. The number of carbonyl (C=O) groups is 2. The quantitative estimate of drug-likeness (QED) is 0.178. The number of hydrogen-bond acceptors (Lipinski definition) is 4. The summed E-state index contributed by atoms with van der Waals surface area (Å²) in [6.07, 6.45) is 0.174. The van der Waals surface area contributed by atoms with Crippen molar-refractivity contribution in [3.05, 3.63) is 129 Å². The van der Waals surface area contributed by atoms with E-state index in [2.05, 4.69) is 5.32 Å². The standard InChI is InChI=1S/C34H34Cl3N3O4S/c1-34(2,3)38-33(42)31(21-24-12-6-4-7-13-24)39(22-25-18-19-27(35)29(37)20-25)32(41)23-40(30-17-11-10-16-28(30)36)45(43,44)26-14-8-5-9-15-26/h4-20,31H,21-23H2,1-3H3,(H,38,42)/t31-/m0/s1. The summed E-state index contributed by atoms with van der Waals surface area (Å²) in [7, 11) is -4.26. The second kappa shape index (κ2) is 14.7. The van der Waals surface area contributed by atoms with Gasteiger partial charge in [0, 0.05) is 18.5 Å². The lowest BCUT2D eigenvalue weighted by Gasteiger charge is -2.35. The zero-order valence-electron chi connectivity index (χ0n) is 25.1. The van der Waals surface area contributed by atoms with Crippen LogP contribution in [0, 0.1) is 0 Å². The Balaban J connectivity index is 1.84. The van der Waals surface area contributed by atoms with Gasteiger partial charge in [-0.1, -0.05) is 102 Å². The monoisotopic (exact) mass is 685 g/mol. The van der Waals surface area contributed by atoms with Crippen molar-refractivity contribution < 1.29 is 18.0 Å². The summed E-state index contributed by atoms with van der Waals surface area (Å²) in [6.45, 7) is 4.87. The van der Waals surface area contributed by atoms with Crippen molar-refractivity contribution in [2.45, 2.75) is 50.2 Å². The molecule has 1 N–H and O–H groups in total. The van der Waals surface area contributed by atoms with Crippen molar-refractivity contribution in [1.82, 2.24) is 10.2 Å². The zero-order chi connectivity index (χ0) is 32.8. The zero-order valence-corrected chi connectivity index (χ0v) is 28.2. The molecule has 4 rings (SSSR count). The maximum absolute atomic E-state index is 14.5. The van der Waals surface area contributed by atoms with Gasteiger partial charge < -0.3 is 10.2 Å². The van der Waals surface area contributed by atoms with Crippen LogP contribution in [-0.2, 0) is 32.6 Å². The highest BCUT2D eigenvalue weighted by molar-refractivity contribution is 7.92. The van der Waals surface area contributed by atoms with Gasteiger partial charge >= 0.3 is 0 Å². The number of anilines is 1. The molecular formula is C34H34Cl3N3O4S. The Bertz CT molecular complexity index is 1750. The van der Waals surface area contributed by atoms with E-state index in [4.69, 9.17) is 34.8 Å². The van der Waals surface area contributed by atoms with Gasteiger partial charge in [0.25, 0.3) is 10.0 Å². The molecule has 0 saturated carbocycles. The van der Waals surface area contributed by atoms with Gasteiger partial charge in [-0.05, 0) is 68.3 Å². The minimum absolute atomic E-state index is 0.0138. The van der Waals surface area contributed by atoms with E-state index < -0.39 is 40.0 Å². The Morgan fingerprint density at radius 2 is 1.36 bits per heavy atom. The second-order valence-electron chi connectivity index (χ2n) is 11.5. The van der Waals surface area contributed by atoms with E-state index in [9.17, 15) is 18.0 Å². The number of rotatable bonds is 11. The predicted molar refractivity (Wildman–Crippen MR) is 181 cm³/mol. The lowest BCUT2D eigenvalue weighted by molar-refractivity contribution is -0.140. The minimum Gasteiger partial charge on any atom is -0.350 e. The van der Waals surface area contributed by atoms with Crippen LogP contribution in [-0.4, -0.2) is 43.3 Å². The summed E-state index contributed by atoms with van der Waals surface area (Å²) in [6, 6.07) is 27.4. The third-order valence-corrected chi connectivity index (χ3v) is 9.67. The predicted octanol–water partition coefficient (Wildman–Crippen LogP) is 7.40. The highest BCUT2D eigenvalue weighted by Crippen LogP contribution is 2.31. The van der Waals surface area contributed by atoms with Crippen molar-refractivity contribution in [1.29, 1.82) is 0 Å². The minimum atomic E-state index is -4.26. The van der Waals surface area contributed by atoms with Gasteiger partial charge in [-0.2, -0.15) is 0 Å². The fraction of sp³-hybridized carbons (Fsp3) is 0.235. The van der Waals surface area contributed by atoms with Gasteiger partial charge in [-0.25, -0.2) is 8.42 Å².